The third-order valence-corrected chi connectivity index (χ3v) is 5.89. The van der Waals surface area contributed by atoms with Crippen LogP contribution < -0.4 is 5.32 Å². The second kappa shape index (κ2) is 7.07. The van der Waals surface area contributed by atoms with Gasteiger partial charge in [-0.25, -0.2) is 9.78 Å². The summed E-state index contributed by atoms with van der Waals surface area (Å²) in [5, 5.41) is 11.4. The number of hydrogen-bond acceptors (Lipinski definition) is 4. The first-order valence-electron chi connectivity index (χ1n) is 9.03. The summed E-state index contributed by atoms with van der Waals surface area (Å²) < 4.78 is 1.18. The van der Waals surface area contributed by atoms with Crippen molar-refractivity contribution in [2.45, 2.75) is 45.2 Å². The minimum absolute atomic E-state index is 0.00786. The molecule has 1 aliphatic heterocycles. The molecule has 3 heterocycles. The van der Waals surface area contributed by atoms with Crippen LogP contribution in [0.2, 0.25) is 0 Å². The van der Waals surface area contributed by atoms with Crippen molar-refractivity contribution in [3.8, 4) is 0 Å². The topological polar surface area (TPSA) is 73.9 Å². The number of fused-ring (bicyclic) bond motifs is 1. The number of nitrogens with zero attached hydrogens (tertiary/aromatic N) is 3. The van der Waals surface area contributed by atoms with E-state index in [0.717, 1.165) is 47.7 Å². The maximum absolute atomic E-state index is 12.8. The summed E-state index contributed by atoms with van der Waals surface area (Å²) in [6, 6.07) is 10.3. The van der Waals surface area contributed by atoms with Gasteiger partial charge < -0.3 is 10.2 Å². The summed E-state index contributed by atoms with van der Waals surface area (Å²) in [5.74, 6) is 0. The molecule has 136 valence electrons. The van der Waals surface area contributed by atoms with E-state index in [9.17, 15) is 4.79 Å². The standard InChI is InChI=1S/C19H23N5OS/c1-12(10-14-11-13(2)22-23-14)20-19(25)24-9-5-7-16(24)18-21-15-6-3-4-8-17(15)26-18/h3-4,6,8,11-12,16H,5,7,9-10H2,1-2H3,(H,20,25)(H,22,23). The van der Waals surface area contributed by atoms with Crippen molar-refractivity contribution < 1.29 is 4.79 Å². The number of aromatic nitrogens is 3. The number of urea groups is 1. The molecule has 1 aliphatic rings. The zero-order valence-corrected chi connectivity index (χ0v) is 15.8. The van der Waals surface area contributed by atoms with Gasteiger partial charge in [0.15, 0.2) is 0 Å². The minimum atomic E-state index is -0.00786. The predicted molar refractivity (Wildman–Crippen MR) is 103 cm³/mol. The molecule has 0 saturated carbocycles. The normalized spacial score (nSPS) is 18.4. The molecule has 4 rings (SSSR count). The summed E-state index contributed by atoms with van der Waals surface area (Å²) in [7, 11) is 0. The Kier molecular flexibility index (Phi) is 4.63. The van der Waals surface area contributed by atoms with E-state index in [1.807, 2.05) is 43.0 Å². The first-order chi connectivity index (χ1) is 12.6. The SMILES string of the molecule is Cc1cc(CC(C)NC(=O)N2CCCC2c2nc3ccccc3s2)n[nH]1. The van der Waals surface area contributed by atoms with Crippen molar-refractivity contribution in [1.29, 1.82) is 0 Å². The number of likely N-dealkylation sites (tertiary alicyclic amines) is 1. The van der Waals surface area contributed by atoms with Crippen molar-refractivity contribution in [3.63, 3.8) is 0 Å². The van der Waals surface area contributed by atoms with Crippen LogP contribution in [0.1, 0.15) is 42.2 Å². The van der Waals surface area contributed by atoms with Gasteiger partial charge in [-0.3, -0.25) is 5.10 Å². The summed E-state index contributed by atoms with van der Waals surface area (Å²) in [4.78, 5) is 19.5. The van der Waals surface area contributed by atoms with E-state index in [4.69, 9.17) is 4.98 Å². The molecule has 2 aromatic heterocycles. The average Bonchev–Trinajstić information content (AvgIpc) is 3.32. The number of para-hydroxylation sites is 1. The lowest BCUT2D eigenvalue weighted by atomic mass is 10.2. The number of H-pyrrole nitrogens is 1. The first-order valence-corrected chi connectivity index (χ1v) is 9.85. The molecule has 1 saturated heterocycles. The second-order valence-electron chi connectivity index (χ2n) is 6.97. The van der Waals surface area contributed by atoms with Crippen molar-refractivity contribution >= 4 is 27.6 Å². The third-order valence-electron chi connectivity index (χ3n) is 4.75. The number of carbonyl (C=O) groups is 1. The maximum atomic E-state index is 12.8. The van der Waals surface area contributed by atoms with E-state index in [1.165, 1.54) is 4.70 Å². The van der Waals surface area contributed by atoms with E-state index in [2.05, 4.69) is 21.6 Å². The van der Waals surface area contributed by atoms with Gasteiger partial charge in [0.05, 0.1) is 22.0 Å². The average molecular weight is 369 g/mol. The quantitative estimate of drug-likeness (QED) is 0.734. The van der Waals surface area contributed by atoms with Crippen LogP contribution in [0.4, 0.5) is 4.79 Å². The summed E-state index contributed by atoms with van der Waals surface area (Å²) in [6.07, 6.45) is 2.71. The molecular formula is C19H23N5OS. The van der Waals surface area contributed by atoms with Gasteiger partial charge in [0.2, 0.25) is 0 Å². The summed E-state index contributed by atoms with van der Waals surface area (Å²) >= 11 is 1.69. The lowest BCUT2D eigenvalue weighted by Gasteiger charge is -2.25. The maximum Gasteiger partial charge on any atom is 0.318 e. The van der Waals surface area contributed by atoms with Gasteiger partial charge in [0, 0.05) is 24.7 Å². The first kappa shape index (κ1) is 17.0. The van der Waals surface area contributed by atoms with E-state index < -0.39 is 0 Å². The molecular weight excluding hydrogens is 346 g/mol. The zero-order chi connectivity index (χ0) is 18.1. The Balaban J connectivity index is 1.44. The number of thiazole rings is 1. The highest BCUT2D eigenvalue weighted by molar-refractivity contribution is 7.18. The van der Waals surface area contributed by atoms with Crippen LogP contribution in [0.15, 0.2) is 30.3 Å². The van der Waals surface area contributed by atoms with Crippen LogP contribution in [0.25, 0.3) is 10.2 Å². The summed E-state index contributed by atoms with van der Waals surface area (Å²) in [6.45, 7) is 4.78. The highest BCUT2D eigenvalue weighted by Crippen LogP contribution is 2.36. The Morgan fingerprint density at radius 1 is 1.46 bits per heavy atom. The second-order valence-corrected chi connectivity index (χ2v) is 8.03. The number of hydrogen-bond donors (Lipinski definition) is 2. The van der Waals surface area contributed by atoms with Gasteiger partial charge in [0.1, 0.15) is 5.01 Å². The minimum Gasteiger partial charge on any atom is -0.335 e. The van der Waals surface area contributed by atoms with Crippen LogP contribution in [-0.2, 0) is 6.42 Å². The Morgan fingerprint density at radius 3 is 3.08 bits per heavy atom. The van der Waals surface area contributed by atoms with Crippen molar-refractivity contribution in [3.05, 3.63) is 46.7 Å². The number of amides is 2. The van der Waals surface area contributed by atoms with Crippen molar-refractivity contribution in [2.24, 2.45) is 0 Å². The molecule has 1 fully saturated rings. The smallest absolute Gasteiger partial charge is 0.318 e. The molecule has 2 unspecified atom stereocenters. The number of aromatic amines is 1. The third kappa shape index (κ3) is 3.44. The lowest BCUT2D eigenvalue weighted by Crippen LogP contribution is -2.44. The molecule has 2 N–H and O–H groups in total. The lowest BCUT2D eigenvalue weighted by molar-refractivity contribution is 0.189. The van der Waals surface area contributed by atoms with Crippen LogP contribution in [-0.4, -0.2) is 38.7 Å². The van der Waals surface area contributed by atoms with E-state index in [0.29, 0.717) is 0 Å². The molecule has 7 heteroatoms. The largest absolute Gasteiger partial charge is 0.335 e. The Labute approximate surface area is 156 Å². The van der Waals surface area contributed by atoms with Crippen LogP contribution in [0, 0.1) is 6.92 Å². The van der Waals surface area contributed by atoms with Crippen LogP contribution >= 0.6 is 11.3 Å². The van der Waals surface area contributed by atoms with Crippen LogP contribution in [0.5, 0.6) is 0 Å². The molecule has 0 radical (unpaired) electrons. The van der Waals surface area contributed by atoms with Gasteiger partial charge in [-0.05, 0) is 44.9 Å². The Bertz CT molecular complexity index is 884. The number of nitrogens with one attached hydrogen (secondary N) is 2. The zero-order valence-electron chi connectivity index (χ0n) is 15.0. The number of rotatable bonds is 4. The number of carbonyl (C=O) groups excluding carboxylic acids is 1. The molecule has 0 spiro atoms. The van der Waals surface area contributed by atoms with Gasteiger partial charge in [-0.15, -0.1) is 11.3 Å². The van der Waals surface area contributed by atoms with Crippen LogP contribution in [0.3, 0.4) is 0 Å². The molecule has 1 aromatic carbocycles. The Hall–Kier alpha value is -2.41. The van der Waals surface area contributed by atoms with Gasteiger partial charge in [0.25, 0.3) is 0 Å². The summed E-state index contributed by atoms with van der Waals surface area (Å²) in [5.41, 5.74) is 3.02. The molecule has 2 atom stereocenters. The van der Waals surface area contributed by atoms with E-state index in [-0.39, 0.29) is 18.1 Å². The highest BCUT2D eigenvalue weighted by Gasteiger charge is 2.32. The highest BCUT2D eigenvalue weighted by atomic mass is 32.1. The molecule has 0 aliphatic carbocycles. The molecule has 26 heavy (non-hydrogen) atoms. The molecule has 2 amide bonds. The van der Waals surface area contributed by atoms with Crippen molar-refractivity contribution in [2.75, 3.05) is 6.54 Å². The fourth-order valence-electron chi connectivity index (χ4n) is 3.54. The van der Waals surface area contributed by atoms with Gasteiger partial charge >= 0.3 is 6.03 Å². The van der Waals surface area contributed by atoms with E-state index >= 15 is 0 Å². The molecule has 3 aromatic rings. The Morgan fingerprint density at radius 2 is 2.31 bits per heavy atom. The number of benzene rings is 1. The van der Waals surface area contributed by atoms with Crippen molar-refractivity contribution in [1.82, 2.24) is 25.4 Å². The molecule has 6 nitrogen and oxygen atoms in total. The number of aryl methyl sites for hydroxylation is 1. The fraction of sp³-hybridized carbons (Fsp3) is 0.421. The van der Waals surface area contributed by atoms with Gasteiger partial charge in [-0.2, -0.15) is 5.10 Å². The molecule has 0 bridgehead atoms. The fourth-order valence-corrected chi connectivity index (χ4v) is 4.65. The van der Waals surface area contributed by atoms with Gasteiger partial charge in [-0.1, -0.05) is 12.1 Å². The monoisotopic (exact) mass is 369 g/mol. The predicted octanol–water partition coefficient (Wildman–Crippen LogP) is 3.81. The van der Waals surface area contributed by atoms with E-state index in [1.54, 1.807) is 11.3 Å².